The summed E-state index contributed by atoms with van der Waals surface area (Å²) in [5.74, 6) is 1.21. The summed E-state index contributed by atoms with van der Waals surface area (Å²) in [6, 6.07) is 14.4. The Hall–Kier alpha value is -2.78. The van der Waals surface area contributed by atoms with Gasteiger partial charge in [-0.05, 0) is 19.1 Å². The van der Waals surface area contributed by atoms with E-state index in [9.17, 15) is 4.39 Å². The van der Waals surface area contributed by atoms with Crippen LogP contribution in [0.5, 0.6) is 0 Å². The lowest BCUT2D eigenvalue weighted by atomic mass is 10.1. The molecule has 0 aliphatic rings. The SMILES string of the molecule is Cc1ccc(-c2noc(CSc3nnc(Nc4ccccc4F)s3)n2)cc1. The first-order valence-corrected chi connectivity index (χ1v) is 9.85. The number of anilines is 2. The second-order valence-electron chi connectivity index (χ2n) is 5.64. The molecule has 0 radical (unpaired) electrons. The second kappa shape index (κ2) is 7.85. The molecule has 0 atom stereocenters. The third-order valence-electron chi connectivity index (χ3n) is 3.62. The maximum absolute atomic E-state index is 13.7. The molecule has 2 heterocycles. The molecule has 0 fully saturated rings. The van der Waals surface area contributed by atoms with E-state index in [4.69, 9.17) is 4.52 Å². The zero-order chi connectivity index (χ0) is 18.6. The number of halogens is 1. The van der Waals surface area contributed by atoms with E-state index in [1.165, 1.54) is 34.7 Å². The molecule has 136 valence electrons. The van der Waals surface area contributed by atoms with E-state index < -0.39 is 0 Å². The normalized spacial score (nSPS) is 10.9. The molecule has 0 aliphatic heterocycles. The molecular weight excluding hydrogens is 385 g/mol. The fraction of sp³-hybridized carbons (Fsp3) is 0.111. The van der Waals surface area contributed by atoms with Crippen LogP contribution < -0.4 is 5.32 Å². The van der Waals surface area contributed by atoms with Gasteiger partial charge in [-0.1, -0.05) is 70.2 Å². The van der Waals surface area contributed by atoms with Gasteiger partial charge in [-0.25, -0.2) is 4.39 Å². The summed E-state index contributed by atoms with van der Waals surface area (Å²) in [4.78, 5) is 4.40. The Labute approximate surface area is 162 Å². The highest BCUT2D eigenvalue weighted by atomic mass is 32.2. The summed E-state index contributed by atoms with van der Waals surface area (Å²) in [6.07, 6.45) is 0. The Bertz CT molecular complexity index is 1050. The van der Waals surface area contributed by atoms with Crippen molar-refractivity contribution < 1.29 is 8.91 Å². The summed E-state index contributed by atoms with van der Waals surface area (Å²) < 4.78 is 19.7. The van der Waals surface area contributed by atoms with Crippen molar-refractivity contribution in [1.29, 1.82) is 0 Å². The summed E-state index contributed by atoms with van der Waals surface area (Å²) in [5.41, 5.74) is 2.45. The van der Waals surface area contributed by atoms with Gasteiger partial charge in [0.05, 0.1) is 11.4 Å². The molecule has 2 aromatic heterocycles. The number of rotatable bonds is 6. The van der Waals surface area contributed by atoms with Gasteiger partial charge in [-0.3, -0.25) is 0 Å². The number of aromatic nitrogens is 4. The second-order valence-corrected chi connectivity index (χ2v) is 7.84. The van der Waals surface area contributed by atoms with Crippen molar-refractivity contribution in [2.45, 2.75) is 17.0 Å². The van der Waals surface area contributed by atoms with Crippen LogP contribution in [-0.2, 0) is 5.75 Å². The molecule has 4 aromatic rings. The monoisotopic (exact) mass is 399 g/mol. The fourth-order valence-corrected chi connectivity index (χ4v) is 3.85. The third-order valence-corrected chi connectivity index (χ3v) is 5.58. The number of para-hydroxylation sites is 1. The lowest BCUT2D eigenvalue weighted by Crippen LogP contribution is -1.92. The first-order chi connectivity index (χ1) is 13.2. The van der Waals surface area contributed by atoms with Crippen LogP contribution in [0.2, 0.25) is 0 Å². The Balaban J connectivity index is 1.38. The predicted octanol–water partition coefficient (Wildman–Crippen LogP) is 5.07. The van der Waals surface area contributed by atoms with Crippen LogP contribution in [-0.4, -0.2) is 20.3 Å². The topological polar surface area (TPSA) is 76.7 Å². The average Bonchev–Trinajstić information content (AvgIpc) is 3.32. The highest BCUT2D eigenvalue weighted by Gasteiger charge is 2.12. The van der Waals surface area contributed by atoms with Crippen molar-refractivity contribution in [3.05, 3.63) is 65.8 Å². The Morgan fingerprint density at radius 1 is 1.11 bits per heavy atom. The maximum Gasteiger partial charge on any atom is 0.237 e. The number of nitrogens with one attached hydrogen (secondary N) is 1. The molecule has 0 unspecified atom stereocenters. The molecule has 6 nitrogen and oxygen atoms in total. The van der Waals surface area contributed by atoms with Crippen LogP contribution in [0.1, 0.15) is 11.5 Å². The van der Waals surface area contributed by atoms with E-state index in [0.29, 0.717) is 28.3 Å². The Morgan fingerprint density at radius 3 is 2.74 bits per heavy atom. The molecule has 9 heteroatoms. The van der Waals surface area contributed by atoms with Gasteiger partial charge in [-0.15, -0.1) is 10.2 Å². The zero-order valence-corrected chi connectivity index (χ0v) is 15.9. The standard InChI is InChI=1S/C18H14FN5OS2/c1-11-6-8-12(9-7-11)16-21-15(25-24-16)10-26-18-23-22-17(27-18)20-14-5-3-2-4-13(14)19/h2-9H,10H2,1H3,(H,20,22). The zero-order valence-electron chi connectivity index (χ0n) is 14.2. The number of nitrogens with zero attached hydrogens (tertiary/aromatic N) is 4. The van der Waals surface area contributed by atoms with E-state index >= 15 is 0 Å². The number of hydrogen-bond donors (Lipinski definition) is 1. The third kappa shape index (κ3) is 4.32. The van der Waals surface area contributed by atoms with Crippen molar-refractivity contribution >= 4 is 33.9 Å². The molecule has 0 saturated carbocycles. The van der Waals surface area contributed by atoms with Crippen molar-refractivity contribution in [3.63, 3.8) is 0 Å². The minimum atomic E-state index is -0.337. The predicted molar refractivity (Wildman–Crippen MR) is 104 cm³/mol. The average molecular weight is 399 g/mol. The minimum Gasteiger partial charge on any atom is -0.338 e. The number of benzene rings is 2. The van der Waals surface area contributed by atoms with Gasteiger partial charge >= 0.3 is 0 Å². The van der Waals surface area contributed by atoms with Crippen LogP contribution in [0.15, 0.2) is 57.4 Å². The van der Waals surface area contributed by atoms with E-state index in [-0.39, 0.29) is 5.82 Å². The number of aryl methyl sites for hydroxylation is 1. The first-order valence-electron chi connectivity index (χ1n) is 8.05. The van der Waals surface area contributed by atoms with Crippen molar-refractivity contribution in [1.82, 2.24) is 20.3 Å². The van der Waals surface area contributed by atoms with Crippen LogP contribution in [0.4, 0.5) is 15.2 Å². The van der Waals surface area contributed by atoms with Crippen LogP contribution in [0.25, 0.3) is 11.4 Å². The molecular formula is C18H14FN5OS2. The number of thioether (sulfide) groups is 1. The van der Waals surface area contributed by atoms with Crippen LogP contribution in [0.3, 0.4) is 0 Å². The molecule has 0 spiro atoms. The lowest BCUT2D eigenvalue weighted by Gasteiger charge is -2.01. The molecule has 27 heavy (non-hydrogen) atoms. The van der Waals surface area contributed by atoms with Crippen molar-refractivity contribution in [2.24, 2.45) is 0 Å². The summed E-state index contributed by atoms with van der Waals surface area (Å²) in [6.45, 7) is 2.03. The molecule has 0 amide bonds. The van der Waals surface area contributed by atoms with E-state index in [0.717, 1.165) is 9.90 Å². The van der Waals surface area contributed by atoms with Crippen LogP contribution >= 0.6 is 23.1 Å². The van der Waals surface area contributed by atoms with Gasteiger partial charge in [0.25, 0.3) is 0 Å². The number of hydrogen-bond acceptors (Lipinski definition) is 8. The van der Waals surface area contributed by atoms with Gasteiger partial charge in [0.15, 0.2) is 4.34 Å². The molecule has 0 bridgehead atoms. The largest absolute Gasteiger partial charge is 0.338 e. The maximum atomic E-state index is 13.7. The quantitative estimate of drug-likeness (QED) is 0.454. The summed E-state index contributed by atoms with van der Waals surface area (Å²) in [5, 5.41) is 15.6. The van der Waals surface area contributed by atoms with E-state index in [1.54, 1.807) is 18.2 Å². The minimum absolute atomic E-state index is 0.337. The molecule has 0 saturated heterocycles. The smallest absolute Gasteiger partial charge is 0.237 e. The molecule has 2 aromatic carbocycles. The van der Waals surface area contributed by atoms with E-state index in [2.05, 4.69) is 25.7 Å². The Kier molecular flexibility index (Phi) is 5.12. The van der Waals surface area contributed by atoms with E-state index in [1.807, 2.05) is 31.2 Å². The first kappa shape index (κ1) is 17.6. The summed E-state index contributed by atoms with van der Waals surface area (Å²) in [7, 11) is 0. The highest BCUT2D eigenvalue weighted by molar-refractivity contribution is 8.00. The van der Waals surface area contributed by atoms with Crippen molar-refractivity contribution in [3.8, 4) is 11.4 Å². The molecule has 1 N–H and O–H groups in total. The fourth-order valence-electron chi connectivity index (χ4n) is 2.25. The van der Waals surface area contributed by atoms with Gasteiger partial charge in [0.1, 0.15) is 5.82 Å². The van der Waals surface area contributed by atoms with Gasteiger partial charge in [0.2, 0.25) is 16.8 Å². The molecule has 4 rings (SSSR count). The lowest BCUT2D eigenvalue weighted by molar-refractivity contribution is 0.391. The van der Waals surface area contributed by atoms with Gasteiger partial charge < -0.3 is 9.84 Å². The van der Waals surface area contributed by atoms with Gasteiger partial charge in [0, 0.05) is 5.56 Å². The van der Waals surface area contributed by atoms with Gasteiger partial charge in [-0.2, -0.15) is 4.98 Å². The molecule has 0 aliphatic carbocycles. The summed E-state index contributed by atoms with van der Waals surface area (Å²) >= 11 is 2.77. The van der Waals surface area contributed by atoms with Crippen LogP contribution in [0, 0.1) is 12.7 Å². The Morgan fingerprint density at radius 2 is 1.93 bits per heavy atom. The highest BCUT2D eigenvalue weighted by Crippen LogP contribution is 2.30. The van der Waals surface area contributed by atoms with Crippen molar-refractivity contribution in [2.75, 3.05) is 5.32 Å².